The molecule has 0 heterocycles. The molecular weight excluding hydrogens is 532 g/mol. The molecule has 0 amide bonds. The van der Waals surface area contributed by atoms with E-state index in [1.807, 2.05) is 6.92 Å². The summed E-state index contributed by atoms with van der Waals surface area (Å²) in [6, 6.07) is 2.06. The number of carbonyl (C=O) groups excluding carboxylic acids is 5. The predicted octanol–water partition coefficient (Wildman–Crippen LogP) is 5.51. The van der Waals surface area contributed by atoms with Crippen LogP contribution in [-0.4, -0.2) is 44.7 Å². The second-order valence-electron chi connectivity index (χ2n) is 15.2. The summed E-state index contributed by atoms with van der Waals surface area (Å²) < 4.78 is 0. The molecule has 4 aliphatic rings. The van der Waals surface area contributed by atoms with Crippen molar-refractivity contribution in [3.8, 4) is 5.75 Å². The summed E-state index contributed by atoms with van der Waals surface area (Å²) in [5.74, 6) is -7.62. The molecule has 4 aliphatic carbocycles. The molecule has 0 aliphatic heterocycles. The molecule has 0 bridgehead atoms. The molecule has 7 heteroatoms. The van der Waals surface area contributed by atoms with Gasteiger partial charge in [0.05, 0.1) is 11.5 Å². The fourth-order valence-corrected chi connectivity index (χ4v) is 9.65. The molecule has 3 unspecified atom stereocenters. The van der Waals surface area contributed by atoms with Crippen molar-refractivity contribution in [1.29, 1.82) is 0 Å². The zero-order valence-corrected chi connectivity index (χ0v) is 26.3. The van der Waals surface area contributed by atoms with Crippen LogP contribution in [0, 0.1) is 40.4 Å². The Morgan fingerprint density at radius 3 is 2.10 bits per heavy atom. The van der Waals surface area contributed by atoms with Gasteiger partial charge >= 0.3 is 0 Å². The van der Waals surface area contributed by atoms with Crippen molar-refractivity contribution in [3.05, 3.63) is 28.3 Å². The summed E-state index contributed by atoms with van der Waals surface area (Å²) in [5, 5.41) is 23.9. The third kappa shape index (κ3) is 3.98. The maximum Gasteiger partial charge on any atom is 0.190 e. The molecular formula is C35H46O7. The van der Waals surface area contributed by atoms with E-state index in [0.717, 1.165) is 49.3 Å². The van der Waals surface area contributed by atoms with Gasteiger partial charge in [0.25, 0.3) is 0 Å². The smallest absolute Gasteiger partial charge is 0.190 e. The van der Waals surface area contributed by atoms with Crippen molar-refractivity contribution in [2.24, 2.45) is 40.4 Å². The second-order valence-corrected chi connectivity index (χ2v) is 15.2. The van der Waals surface area contributed by atoms with Crippen LogP contribution in [0.2, 0.25) is 0 Å². The summed E-state index contributed by atoms with van der Waals surface area (Å²) in [6.45, 7) is 14.5. The number of rotatable bonds is 4. The Bertz CT molecular complexity index is 1400. The first-order valence-corrected chi connectivity index (χ1v) is 15.7. The van der Waals surface area contributed by atoms with Gasteiger partial charge in [0.15, 0.2) is 28.7 Å². The van der Waals surface area contributed by atoms with E-state index in [1.54, 1.807) is 20.8 Å². The Morgan fingerprint density at radius 2 is 1.57 bits per heavy atom. The number of aliphatic hydroxyl groups is 1. The standard InChI is InChI=1S/C35H46O7/c1-16(2)21-13-22(20-11-9-18(5)10-12-20)28(37)25-23(21)14-33(7)15-34(8)26(17(3)4)29(38)24(19(6)36)31(40)35(34,42)32(41)27(33)30(25)39/h13,16-18,20,24,26-27,37,42H,9-12,14-15H2,1-8H3/t18?,20?,24?,26?,27?,33-,34-,35+/m1/s1. The summed E-state index contributed by atoms with van der Waals surface area (Å²) in [7, 11) is 0. The molecule has 3 fully saturated rings. The number of carbonyl (C=O) groups is 5. The minimum Gasteiger partial charge on any atom is -0.507 e. The van der Waals surface area contributed by atoms with Crippen LogP contribution < -0.4 is 0 Å². The zero-order chi connectivity index (χ0) is 31.3. The molecule has 0 radical (unpaired) electrons. The van der Waals surface area contributed by atoms with Gasteiger partial charge in [0.1, 0.15) is 17.5 Å². The third-order valence-electron chi connectivity index (χ3n) is 11.5. The van der Waals surface area contributed by atoms with Crippen LogP contribution in [-0.2, 0) is 25.6 Å². The van der Waals surface area contributed by atoms with Crippen molar-refractivity contribution in [2.75, 3.05) is 0 Å². The predicted molar refractivity (Wildman–Crippen MR) is 157 cm³/mol. The molecule has 0 spiro atoms. The van der Waals surface area contributed by atoms with Crippen LogP contribution in [0.1, 0.15) is 126 Å². The van der Waals surface area contributed by atoms with Crippen LogP contribution in [0.25, 0.3) is 0 Å². The number of benzene rings is 1. The van der Waals surface area contributed by atoms with E-state index in [4.69, 9.17) is 0 Å². The van der Waals surface area contributed by atoms with Crippen LogP contribution in [0.5, 0.6) is 5.75 Å². The lowest BCUT2D eigenvalue weighted by Gasteiger charge is -2.62. The first-order valence-electron chi connectivity index (χ1n) is 15.7. The summed E-state index contributed by atoms with van der Waals surface area (Å²) in [5.41, 5.74) is -2.61. The van der Waals surface area contributed by atoms with Gasteiger partial charge in [-0.2, -0.15) is 0 Å². The van der Waals surface area contributed by atoms with Crippen molar-refractivity contribution in [3.63, 3.8) is 0 Å². The van der Waals surface area contributed by atoms with Gasteiger partial charge in [-0.1, -0.05) is 67.4 Å². The Labute approximate surface area is 248 Å². The zero-order valence-electron chi connectivity index (χ0n) is 26.3. The van der Waals surface area contributed by atoms with Gasteiger partial charge in [-0.3, -0.25) is 24.0 Å². The van der Waals surface area contributed by atoms with Crippen molar-refractivity contribution >= 4 is 28.9 Å². The fraction of sp³-hybridized carbons (Fsp3) is 0.686. The molecule has 5 rings (SSSR count). The number of hydrogen-bond acceptors (Lipinski definition) is 7. The lowest BCUT2D eigenvalue weighted by atomic mass is 9.39. The number of aromatic hydroxyl groups is 1. The molecule has 0 aromatic heterocycles. The maximum atomic E-state index is 14.6. The lowest BCUT2D eigenvalue weighted by Crippen LogP contribution is -2.76. The number of ketones is 5. The van der Waals surface area contributed by atoms with E-state index < -0.39 is 63.1 Å². The molecule has 228 valence electrons. The number of phenolic OH excluding ortho intramolecular Hbond substituents is 1. The maximum absolute atomic E-state index is 14.6. The minimum absolute atomic E-state index is 0.0537. The van der Waals surface area contributed by atoms with Gasteiger partial charge in [0, 0.05) is 11.3 Å². The van der Waals surface area contributed by atoms with Crippen LogP contribution in [0.4, 0.5) is 0 Å². The summed E-state index contributed by atoms with van der Waals surface area (Å²) >= 11 is 0. The van der Waals surface area contributed by atoms with Crippen LogP contribution in [0.3, 0.4) is 0 Å². The SMILES string of the molecule is CC(=O)C1C(=O)C(C(C)C)[C@@]2(C)C[C@@]3(C)Cc4c(C(C)C)cc(C5CCC(C)CC5)c(O)c4C(=O)C3C(=O)[C@@]2(O)C1=O. The van der Waals surface area contributed by atoms with E-state index in [-0.39, 0.29) is 35.5 Å². The summed E-state index contributed by atoms with van der Waals surface area (Å²) in [4.78, 5) is 69.2. The van der Waals surface area contributed by atoms with Gasteiger partial charge in [-0.25, -0.2) is 0 Å². The molecule has 2 N–H and O–H groups in total. The number of phenols is 1. The van der Waals surface area contributed by atoms with E-state index in [1.165, 1.54) is 0 Å². The fourth-order valence-electron chi connectivity index (χ4n) is 9.65. The third-order valence-corrected chi connectivity index (χ3v) is 11.5. The monoisotopic (exact) mass is 578 g/mol. The van der Waals surface area contributed by atoms with Gasteiger partial charge in [-0.15, -0.1) is 0 Å². The molecule has 0 saturated heterocycles. The quantitative estimate of drug-likeness (QED) is 0.451. The number of fused-ring (bicyclic) bond motifs is 3. The number of hydrogen-bond donors (Lipinski definition) is 2. The number of Topliss-reactive ketones (excluding diaryl/α,β-unsaturated/α-hetero) is 5. The molecule has 42 heavy (non-hydrogen) atoms. The first kappa shape index (κ1) is 30.8. The van der Waals surface area contributed by atoms with Crippen LogP contribution >= 0.6 is 0 Å². The molecule has 7 nitrogen and oxygen atoms in total. The Morgan fingerprint density at radius 1 is 0.976 bits per heavy atom. The Kier molecular flexibility index (Phi) is 7.28. The minimum atomic E-state index is -2.67. The van der Waals surface area contributed by atoms with Crippen LogP contribution in [0.15, 0.2) is 6.07 Å². The molecule has 3 saturated carbocycles. The Hall–Kier alpha value is -2.67. The normalized spacial score (nSPS) is 38.4. The second kappa shape index (κ2) is 9.93. The highest BCUT2D eigenvalue weighted by atomic mass is 16.3. The molecule has 6 atom stereocenters. The highest BCUT2D eigenvalue weighted by molar-refractivity contribution is 6.32. The largest absolute Gasteiger partial charge is 0.507 e. The van der Waals surface area contributed by atoms with Gasteiger partial charge < -0.3 is 10.2 Å². The van der Waals surface area contributed by atoms with E-state index >= 15 is 0 Å². The van der Waals surface area contributed by atoms with Gasteiger partial charge in [-0.05, 0) is 78.4 Å². The average molecular weight is 579 g/mol. The average Bonchev–Trinajstić information content (AvgIpc) is 2.86. The van der Waals surface area contributed by atoms with Gasteiger partial charge in [0.2, 0.25) is 0 Å². The molecule has 1 aromatic carbocycles. The van der Waals surface area contributed by atoms with E-state index in [9.17, 15) is 34.2 Å². The summed E-state index contributed by atoms with van der Waals surface area (Å²) in [6.07, 6.45) is 4.25. The highest BCUT2D eigenvalue weighted by Gasteiger charge is 2.76. The first-order chi connectivity index (χ1) is 19.4. The van der Waals surface area contributed by atoms with Crippen molar-refractivity contribution in [1.82, 2.24) is 0 Å². The highest BCUT2D eigenvalue weighted by Crippen LogP contribution is 2.64. The van der Waals surface area contributed by atoms with Crippen molar-refractivity contribution < 1.29 is 34.2 Å². The van der Waals surface area contributed by atoms with E-state index in [0.29, 0.717) is 12.3 Å². The lowest BCUT2D eigenvalue weighted by molar-refractivity contribution is -0.205. The van der Waals surface area contributed by atoms with Crippen molar-refractivity contribution in [2.45, 2.75) is 111 Å². The van der Waals surface area contributed by atoms with E-state index in [2.05, 4.69) is 26.8 Å². The topological polar surface area (TPSA) is 126 Å². The Balaban J connectivity index is 1.72. The molecule has 1 aromatic rings.